The lowest BCUT2D eigenvalue weighted by Gasteiger charge is -2.26. The van der Waals surface area contributed by atoms with Gasteiger partial charge in [0.25, 0.3) is 11.7 Å². The first-order valence-corrected chi connectivity index (χ1v) is 12.4. The number of carbonyl (C=O) groups excluding carboxylic acids is 2. The smallest absolute Gasteiger partial charge is 0.300 e. The van der Waals surface area contributed by atoms with Gasteiger partial charge in [-0.1, -0.05) is 18.2 Å². The minimum absolute atomic E-state index is 0.0111. The van der Waals surface area contributed by atoms with E-state index in [1.165, 1.54) is 4.90 Å². The van der Waals surface area contributed by atoms with Gasteiger partial charge in [0, 0.05) is 11.3 Å². The Hall–Kier alpha value is -3.58. The van der Waals surface area contributed by atoms with Crippen LogP contribution < -0.4 is 14.4 Å². The Bertz CT molecular complexity index is 1380. The molecule has 1 saturated heterocycles. The molecule has 0 aromatic heterocycles. The van der Waals surface area contributed by atoms with Gasteiger partial charge in [0.05, 0.1) is 29.3 Å². The molecule has 1 aliphatic heterocycles. The Morgan fingerprint density at radius 1 is 1.00 bits per heavy atom. The first kappa shape index (κ1) is 25.5. The number of hydrogen-bond donors (Lipinski definition) is 1. The van der Waals surface area contributed by atoms with Crippen LogP contribution in [0.4, 0.5) is 5.69 Å². The van der Waals surface area contributed by atoms with E-state index < -0.39 is 17.7 Å². The molecular formula is C29H28BrNO5. The van der Waals surface area contributed by atoms with Crippen molar-refractivity contribution in [2.75, 3.05) is 12.0 Å². The highest BCUT2D eigenvalue weighted by Gasteiger charge is 2.47. The zero-order chi connectivity index (χ0) is 26.1. The van der Waals surface area contributed by atoms with Crippen molar-refractivity contribution in [1.82, 2.24) is 0 Å². The molecule has 0 spiro atoms. The number of anilines is 1. The third kappa shape index (κ3) is 4.75. The van der Waals surface area contributed by atoms with Gasteiger partial charge in [-0.25, -0.2) is 0 Å². The summed E-state index contributed by atoms with van der Waals surface area (Å²) in [5.74, 6) is -0.522. The van der Waals surface area contributed by atoms with Crippen LogP contribution in [0.1, 0.15) is 42.1 Å². The number of aliphatic hydroxyl groups excluding tert-OH is 1. The van der Waals surface area contributed by atoms with E-state index in [4.69, 9.17) is 9.47 Å². The molecule has 1 N–H and O–H groups in total. The van der Waals surface area contributed by atoms with Crippen molar-refractivity contribution >= 4 is 39.1 Å². The Balaban J connectivity index is 1.94. The van der Waals surface area contributed by atoms with E-state index in [9.17, 15) is 14.7 Å². The van der Waals surface area contributed by atoms with Crippen LogP contribution in [0.2, 0.25) is 0 Å². The summed E-state index contributed by atoms with van der Waals surface area (Å²) >= 11 is 3.43. The molecule has 0 radical (unpaired) electrons. The average molecular weight is 550 g/mol. The van der Waals surface area contributed by atoms with E-state index in [1.54, 1.807) is 25.3 Å². The van der Waals surface area contributed by atoms with Crippen LogP contribution in [0.3, 0.4) is 0 Å². The molecule has 1 aliphatic rings. The van der Waals surface area contributed by atoms with Crippen LogP contribution in [-0.4, -0.2) is 30.0 Å². The van der Waals surface area contributed by atoms with Gasteiger partial charge >= 0.3 is 0 Å². The van der Waals surface area contributed by atoms with Crippen LogP contribution in [0.5, 0.6) is 11.5 Å². The number of hydrogen-bond acceptors (Lipinski definition) is 5. The van der Waals surface area contributed by atoms with Gasteiger partial charge in [-0.15, -0.1) is 0 Å². The minimum atomic E-state index is -0.844. The van der Waals surface area contributed by atoms with Gasteiger partial charge in [-0.2, -0.15) is 0 Å². The van der Waals surface area contributed by atoms with Crippen LogP contribution >= 0.6 is 15.9 Å². The molecule has 0 saturated carbocycles. The number of Topliss-reactive ketones (excluding diaryl/α,β-unsaturated/α-hetero) is 1. The summed E-state index contributed by atoms with van der Waals surface area (Å²) in [5, 5.41) is 11.4. The summed E-state index contributed by atoms with van der Waals surface area (Å²) in [4.78, 5) is 28.3. The summed E-state index contributed by atoms with van der Waals surface area (Å²) in [5.41, 5.74) is 3.69. The molecule has 7 heteroatoms. The van der Waals surface area contributed by atoms with E-state index in [0.29, 0.717) is 32.8 Å². The number of carbonyl (C=O) groups is 2. The van der Waals surface area contributed by atoms with Gasteiger partial charge in [-0.05, 0) is 103 Å². The van der Waals surface area contributed by atoms with Crippen molar-refractivity contribution < 1.29 is 24.2 Å². The summed E-state index contributed by atoms with van der Waals surface area (Å²) in [6.45, 7) is 7.79. The molecule has 186 valence electrons. The fraction of sp³-hybridized carbons (Fsp3) is 0.241. The fourth-order valence-electron chi connectivity index (χ4n) is 4.29. The van der Waals surface area contributed by atoms with Crippen molar-refractivity contribution in [1.29, 1.82) is 0 Å². The molecule has 0 bridgehead atoms. The maximum atomic E-state index is 13.4. The zero-order valence-corrected chi connectivity index (χ0v) is 22.4. The van der Waals surface area contributed by atoms with Gasteiger partial charge in [-0.3, -0.25) is 14.5 Å². The summed E-state index contributed by atoms with van der Waals surface area (Å²) < 4.78 is 11.8. The predicted molar refractivity (Wildman–Crippen MR) is 144 cm³/mol. The Morgan fingerprint density at radius 3 is 2.39 bits per heavy atom. The van der Waals surface area contributed by atoms with Crippen molar-refractivity contribution in [3.8, 4) is 11.5 Å². The third-order valence-corrected chi connectivity index (χ3v) is 6.80. The van der Waals surface area contributed by atoms with Crippen LogP contribution in [0.15, 0.2) is 70.7 Å². The van der Waals surface area contributed by atoms with Gasteiger partial charge in [0.1, 0.15) is 17.3 Å². The number of aryl methyl sites for hydroxylation is 2. The van der Waals surface area contributed by atoms with Crippen LogP contribution in [0.25, 0.3) is 5.76 Å². The number of ether oxygens (including phenoxy) is 2. The van der Waals surface area contributed by atoms with Gasteiger partial charge in [0.2, 0.25) is 0 Å². The zero-order valence-electron chi connectivity index (χ0n) is 20.8. The molecule has 4 rings (SSSR count). The normalized spacial score (nSPS) is 17.1. The van der Waals surface area contributed by atoms with Crippen LogP contribution in [-0.2, 0) is 9.59 Å². The standard InChI is InChI=1S/C29H28BrNO5/c1-16(2)36-22-8-6-7-19(14-22)26-25(27(32)20-10-12-24(35-5)23(30)15-20)28(33)29(34)31(26)21-11-9-17(3)18(4)13-21/h6-16,26,32H,1-5H3/b27-25+. The maximum absolute atomic E-state index is 13.4. The van der Waals surface area contributed by atoms with Crippen molar-refractivity contribution in [2.24, 2.45) is 0 Å². The highest BCUT2D eigenvalue weighted by molar-refractivity contribution is 9.10. The quantitative estimate of drug-likeness (QED) is 0.216. The lowest BCUT2D eigenvalue weighted by molar-refractivity contribution is -0.132. The molecule has 1 unspecified atom stereocenters. The molecule has 36 heavy (non-hydrogen) atoms. The number of ketones is 1. The van der Waals surface area contributed by atoms with E-state index in [0.717, 1.165) is 11.1 Å². The first-order chi connectivity index (χ1) is 17.1. The highest BCUT2D eigenvalue weighted by Crippen LogP contribution is 2.43. The number of nitrogens with zero attached hydrogens (tertiary/aromatic N) is 1. The second-order valence-corrected chi connectivity index (χ2v) is 9.88. The number of methoxy groups -OCH3 is 1. The predicted octanol–water partition coefficient (Wildman–Crippen LogP) is 6.49. The number of amides is 1. The monoisotopic (exact) mass is 549 g/mol. The van der Waals surface area contributed by atoms with E-state index in [-0.39, 0.29) is 17.4 Å². The summed E-state index contributed by atoms with van der Waals surface area (Å²) in [7, 11) is 1.54. The minimum Gasteiger partial charge on any atom is -0.507 e. The Labute approximate surface area is 219 Å². The molecule has 1 amide bonds. The lowest BCUT2D eigenvalue weighted by Crippen LogP contribution is -2.29. The van der Waals surface area contributed by atoms with Crippen molar-refractivity contribution in [2.45, 2.75) is 39.8 Å². The van der Waals surface area contributed by atoms with Crippen molar-refractivity contribution in [3.05, 3.63) is 93.0 Å². The second-order valence-electron chi connectivity index (χ2n) is 9.03. The maximum Gasteiger partial charge on any atom is 0.300 e. The van der Waals surface area contributed by atoms with Crippen molar-refractivity contribution in [3.63, 3.8) is 0 Å². The molecule has 1 fully saturated rings. The van der Waals surface area contributed by atoms with Gasteiger partial charge in [0.15, 0.2) is 0 Å². The highest BCUT2D eigenvalue weighted by atomic mass is 79.9. The lowest BCUT2D eigenvalue weighted by atomic mass is 9.94. The SMILES string of the molecule is COc1ccc(/C(O)=C2\C(=O)C(=O)N(c3ccc(C)c(C)c3)C2c2cccc(OC(C)C)c2)cc1Br. The number of rotatable bonds is 6. The number of aliphatic hydroxyl groups is 1. The molecule has 3 aromatic rings. The number of halogens is 1. The summed E-state index contributed by atoms with van der Waals surface area (Å²) in [6, 6.07) is 17.0. The third-order valence-electron chi connectivity index (χ3n) is 6.18. The van der Waals surface area contributed by atoms with E-state index in [2.05, 4.69) is 15.9 Å². The molecule has 3 aromatic carbocycles. The summed E-state index contributed by atoms with van der Waals surface area (Å²) in [6.07, 6.45) is -0.0528. The molecule has 1 heterocycles. The van der Waals surface area contributed by atoms with Crippen LogP contribution in [0, 0.1) is 13.8 Å². The van der Waals surface area contributed by atoms with E-state index >= 15 is 0 Å². The molecule has 6 nitrogen and oxygen atoms in total. The van der Waals surface area contributed by atoms with E-state index in [1.807, 2.05) is 70.2 Å². The second kappa shape index (κ2) is 10.2. The topological polar surface area (TPSA) is 76.1 Å². The molecule has 1 atom stereocenters. The Kier molecular flexibility index (Phi) is 7.22. The number of benzene rings is 3. The first-order valence-electron chi connectivity index (χ1n) is 11.6. The fourth-order valence-corrected chi connectivity index (χ4v) is 4.83. The molecule has 0 aliphatic carbocycles. The molecular weight excluding hydrogens is 522 g/mol. The average Bonchev–Trinajstić information content (AvgIpc) is 3.10. The largest absolute Gasteiger partial charge is 0.507 e. The Morgan fingerprint density at radius 2 is 1.75 bits per heavy atom. The van der Waals surface area contributed by atoms with Gasteiger partial charge < -0.3 is 14.6 Å².